The molecule has 0 spiro atoms. The van der Waals surface area contributed by atoms with Crippen LogP contribution < -0.4 is 8.97 Å². The maximum absolute atomic E-state index is 5.00. The summed E-state index contributed by atoms with van der Waals surface area (Å²) in [6.07, 6.45) is 0. The van der Waals surface area contributed by atoms with Gasteiger partial charge in [-0.2, -0.15) is 0 Å². The van der Waals surface area contributed by atoms with Gasteiger partial charge in [0, 0.05) is 0 Å². The van der Waals surface area contributed by atoms with E-state index in [0.29, 0.717) is 0 Å². The molecule has 0 saturated carbocycles. The molecule has 0 saturated heterocycles. The topological polar surface area (TPSA) is 9.23 Å². The molecule has 42 valence electrons. The monoisotopic (exact) mass is 114 g/mol. The SMILES string of the molecule is [Li][c]1cccc(OC)c1. The Kier molecular flexibility index (Phi) is 2.21. The third-order valence-corrected chi connectivity index (χ3v) is 1.23. The molecule has 0 fully saturated rings. The van der Waals surface area contributed by atoms with Gasteiger partial charge in [0.05, 0.1) is 0 Å². The van der Waals surface area contributed by atoms with E-state index in [4.69, 9.17) is 4.74 Å². The summed E-state index contributed by atoms with van der Waals surface area (Å²) in [4.78, 5) is 0. The van der Waals surface area contributed by atoms with Crippen molar-refractivity contribution in [3.8, 4) is 5.75 Å². The predicted octanol–water partition coefficient (Wildman–Crippen LogP) is 0.489. The molecule has 9 heavy (non-hydrogen) atoms. The van der Waals surface area contributed by atoms with Crippen LogP contribution >= 0.6 is 0 Å². The van der Waals surface area contributed by atoms with Crippen molar-refractivity contribution in [2.24, 2.45) is 0 Å². The molecule has 1 rings (SSSR count). The summed E-state index contributed by atoms with van der Waals surface area (Å²) in [5.74, 6) is 0.926. The molecule has 0 N–H and O–H groups in total. The number of methoxy groups -OCH3 is 1. The van der Waals surface area contributed by atoms with Crippen LogP contribution in [0.15, 0.2) is 24.3 Å². The number of ether oxygens (including phenoxy) is 1. The number of hydrogen-bond donors (Lipinski definition) is 0. The normalized spacial score (nSPS) is 9.22. The quantitative estimate of drug-likeness (QED) is 0.483. The molecule has 0 aliphatic carbocycles. The van der Waals surface area contributed by atoms with Crippen LogP contribution in [0, 0.1) is 0 Å². The van der Waals surface area contributed by atoms with E-state index in [1.807, 2.05) is 42.0 Å². The van der Waals surface area contributed by atoms with Crippen molar-refractivity contribution in [3.05, 3.63) is 24.3 Å². The van der Waals surface area contributed by atoms with Gasteiger partial charge in [-0.25, -0.2) is 0 Å². The van der Waals surface area contributed by atoms with E-state index >= 15 is 0 Å². The zero-order valence-corrected chi connectivity index (χ0v) is 5.72. The van der Waals surface area contributed by atoms with Crippen LogP contribution in [0.4, 0.5) is 0 Å². The van der Waals surface area contributed by atoms with Crippen LogP contribution in [0.5, 0.6) is 5.75 Å². The van der Waals surface area contributed by atoms with E-state index in [2.05, 4.69) is 0 Å². The van der Waals surface area contributed by atoms with Crippen LogP contribution in [0.1, 0.15) is 0 Å². The Bertz CT molecular complexity index is 198. The molecule has 0 unspecified atom stereocenters. The van der Waals surface area contributed by atoms with Crippen molar-refractivity contribution in [3.63, 3.8) is 0 Å². The van der Waals surface area contributed by atoms with Gasteiger partial charge < -0.3 is 0 Å². The van der Waals surface area contributed by atoms with E-state index < -0.39 is 0 Å². The molecule has 2 heteroatoms. The molecular weight excluding hydrogens is 107 g/mol. The van der Waals surface area contributed by atoms with Crippen LogP contribution in [0.2, 0.25) is 0 Å². The van der Waals surface area contributed by atoms with Crippen molar-refractivity contribution >= 4 is 22.0 Å². The zero-order chi connectivity index (χ0) is 6.69. The minimum absolute atomic E-state index is 0.926. The summed E-state index contributed by atoms with van der Waals surface area (Å²) in [7, 11) is 1.68. The van der Waals surface area contributed by atoms with E-state index in [9.17, 15) is 0 Å². The van der Waals surface area contributed by atoms with Gasteiger partial charge in [0.25, 0.3) is 0 Å². The van der Waals surface area contributed by atoms with Crippen molar-refractivity contribution in [1.82, 2.24) is 0 Å². The Labute approximate surface area is 64.2 Å². The first-order valence-corrected chi connectivity index (χ1v) is 2.93. The zero-order valence-electron chi connectivity index (χ0n) is 5.72. The van der Waals surface area contributed by atoms with E-state index in [0.717, 1.165) is 5.75 Å². The summed E-state index contributed by atoms with van der Waals surface area (Å²) >= 11 is 2.04. The number of benzene rings is 1. The fraction of sp³-hybridized carbons (Fsp3) is 0.143. The Morgan fingerprint density at radius 2 is 2.22 bits per heavy atom. The van der Waals surface area contributed by atoms with Crippen molar-refractivity contribution < 1.29 is 4.74 Å². The Balaban J connectivity index is 2.94. The maximum atomic E-state index is 5.00. The molecule has 1 nitrogen and oxygen atoms in total. The van der Waals surface area contributed by atoms with E-state index in [1.54, 1.807) is 7.11 Å². The summed E-state index contributed by atoms with van der Waals surface area (Å²) in [5, 5.41) is 0. The molecule has 1 aromatic rings. The molecule has 0 amide bonds. The number of hydrogen-bond acceptors (Lipinski definition) is 1. The van der Waals surface area contributed by atoms with Gasteiger partial charge in [-0.3, -0.25) is 0 Å². The van der Waals surface area contributed by atoms with Gasteiger partial charge >= 0.3 is 63.8 Å². The summed E-state index contributed by atoms with van der Waals surface area (Å²) in [6, 6.07) is 7.96. The predicted molar refractivity (Wildman–Crippen MR) is 38.4 cm³/mol. The van der Waals surface area contributed by atoms with Crippen LogP contribution in [0.3, 0.4) is 0 Å². The summed E-state index contributed by atoms with van der Waals surface area (Å²) in [6.45, 7) is 0. The first kappa shape index (κ1) is 6.73. The van der Waals surface area contributed by atoms with Crippen molar-refractivity contribution in [1.29, 1.82) is 0 Å². The number of rotatable bonds is 1. The third kappa shape index (κ3) is 1.78. The van der Waals surface area contributed by atoms with Gasteiger partial charge in [-0.15, -0.1) is 0 Å². The molecule has 0 heterocycles. The van der Waals surface area contributed by atoms with Gasteiger partial charge in [-0.05, 0) is 0 Å². The molecular formula is C7H7LiO. The van der Waals surface area contributed by atoms with Crippen molar-refractivity contribution in [2.75, 3.05) is 7.11 Å². The van der Waals surface area contributed by atoms with Gasteiger partial charge in [0.2, 0.25) is 0 Å². The average molecular weight is 114 g/mol. The molecule has 0 atom stereocenters. The van der Waals surface area contributed by atoms with Crippen LogP contribution in [0.25, 0.3) is 0 Å². The fourth-order valence-corrected chi connectivity index (χ4v) is 0.742. The fourth-order valence-electron chi connectivity index (χ4n) is 0.742. The van der Waals surface area contributed by atoms with E-state index in [-0.39, 0.29) is 0 Å². The first-order valence-electron chi connectivity index (χ1n) is 2.93. The van der Waals surface area contributed by atoms with Crippen LogP contribution in [-0.4, -0.2) is 24.8 Å². The molecule has 0 aliphatic heterocycles. The Hall–Kier alpha value is -0.383. The molecule has 0 bridgehead atoms. The van der Waals surface area contributed by atoms with E-state index in [1.165, 1.54) is 4.24 Å². The van der Waals surface area contributed by atoms with Gasteiger partial charge in [0.1, 0.15) is 0 Å². The van der Waals surface area contributed by atoms with Gasteiger partial charge in [-0.1, -0.05) is 0 Å². The second-order valence-corrected chi connectivity index (χ2v) is 2.02. The summed E-state index contributed by atoms with van der Waals surface area (Å²) < 4.78 is 6.23. The van der Waals surface area contributed by atoms with Crippen LogP contribution in [-0.2, 0) is 0 Å². The summed E-state index contributed by atoms with van der Waals surface area (Å²) in [5.41, 5.74) is 0. The molecule has 0 aromatic heterocycles. The Morgan fingerprint density at radius 1 is 1.44 bits per heavy atom. The second kappa shape index (κ2) is 2.96. The van der Waals surface area contributed by atoms with Crippen molar-refractivity contribution in [2.45, 2.75) is 0 Å². The molecule has 1 aromatic carbocycles. The standard InChI is InChI=1S/C7H7O.Li/c1-8-7-5-3-2-4-6-7;/h2-3,5-6H,1H3;. The van der Waals surface area contributed by atoms with Gasteiger partial charge in [0.15, 0.2) is 0 Å². The molecule has 0 aliphatic rings. The second-order valence-electron chi connectivity index (χ2n) is 2.02. The first-order chi connectivity index (χ1) is 4.33. The Morgan fingerprint density at radius 3 is 2.67 bits per heavy atom. The molecule has 0 radical (unpaired) electrons. The minimum atomic E-state index is 0.926. The third-order valence-electron chi connectivity index (χ3n) is 1.23. The average Bonchev–Trinajstić information content (AvgIpc) is 1.88.